The summed E-state index contributed by atoms with van der Waals surface area (Å²) in [5, 5.41) is 0. The average Bonchev–Trinajstić information content (AvgIpc) is 2.76. The van der Waals surface area contributed by atoms with Crippen LogP contribution in [0.4, 0.5) is 5.82 Å². The van der Waals surface area contributed by atoms with Crippen LogP contribution in [0.15, 0.2) is 36.4 Å². The molecule has 1 aliphatic heterocycles. The number of pyridine rings is 1. The van der Waals surface area contributed by atoms with E-state index in [4.69, 9.17) is 19.9 Å². The standard InChI is InChI=1S/C12H10N2O3/c13-11-2-1-3-12(14-11)17-8-4-5-9-10(6-8)16-7-15-9/h1-6H,7H2,(H2,13,14). The second-order valence-electron chi connectivity index (χ2n) is 3.52. The molecule has 0 aliphatic carbocycles. The van der Waals surface area contributed by atoms with Crippen LogP contribution in [-0.2, 0) is 0 Å². The van der Waals surface area contributed by atoms with Gasteiger partial charge < -0.3 is 19.9 Å². The van der Waals surface area contributed by atoms with Crippen LogP contribution in [-0.4, -0.2) is 11.8 Å². The topological polar surface area (TPSA) is 66.6 Å². The maximum absolute atomic E-state index is 5.57. The van der Waals surface area contributed by atoms with Crippen molar-refractivity contribution in [2.24, 2.45) is 0 Å². The van der Waals surface area contributed by atoms with Crippen molar-refractivity contribution < 1.29 is 14.2 Å². The Kier molecular flexibility index (Phi) is 2.22. The summed E-state index contributed by atoms with van der Waals surface area (Å²) in [5.41, 5.74) is 5.57. The fourth-order valence-electron chi connectivity index (χ4n) is 1.55. The Morgan fingerprint density at radius 2 is 2.00 bits per heavy atom. The second kappa shape index (κ2) is 3.86. The van der Waals surface area contributed by atoms with Gasteiger partial charge in [0.2, 0.25) is 12.7 Å². The van der Waals surface area contributed by atoms with E-state index in [2.05, 4.69) is 4.98 Å². The molecule has 0 radical (unpaired) electrons. The Balaban J connectivity index is 1.86. The molecule has 0 unspecified atom stereocenters. The molecular weight excluding hydrogens is 220 g/mol. The van der Waals surface area contributed by atoms with Crippen molar-refractivity contribution in [3.8, 4) is 23.1 Å². The minimum atomic E-state index is 0.245. The average molecular weight is 230 g/mol. The number of ether oxygens (including phenoxy) is 3. The van der Waals surface area contributed by atoms with Crippen molar-refractivity contribution >= 4 is 5.82 Å². The lowest BCUT2D eigenvalue weighted by Gasteiger charge is -2.05. The molecule has 0 atom stereocenters. The van der Waals surface area contributed by atoms with Crippen LogP contribution in [0.1, 0.15) is 0 Å². The van der Waals surface area contributed by atoms with Gasteiger partial charge in [-0.1, -0.05) is 6.07 Å². The summed E-state index contributed by atoms with van der Waals surface area (Å²) in [6, 6.07) is 10.6. The Bertz CT molecular complexity index is 557. The van der Waals surface area contributed by atoms with Crippen LogP contribution in [0.25, 0.3) is 0 Å². The maximum atomic E-state index is 5.57. The van der Waals surface area contributed by atoms with Gasteiger partial charge in [-0.2, -0.15) is 4.98 Å². The summed E-state index contributed by atoms with van der Waals surface area (Å²) in [7, 11) is 0. The molecule has 2 heterocycles. The fourth-order valence-corrected chi connectivity index (χ4v) is 1.55. The van der Waals surface area contributed by atoms with E-state index in [1.807, 2.05) is 0 Å². The van der Waals surface area contributed by atoms with E-state index in [0.717, 1.165) is 5.75 Å². The minimum absolute atomic E-state index is 0.245. The molecule has 0 fully saturated rings. The summed E-state index contributed by atoms with van der Waals surface area (Å²) in [6.07, 6.45) is 0. The van der Waals surface area contributed by atoms with Gasteiger partial charge in [0.15, 0.2) is 11.5 Å². The molecule has 5 nitrogen and oxygen atoms in total. The second-order valence-corrected chi connectivity index (χ2v) is 3.52. The highest BCUT2D eigenvalue weighted by Crippen LogP contribution is 2.36. The summed E-state index contributed by atoms with van der Waals surface area (Å²) < 4.78 is 16.0. The molecule has 17 heavy (non-hydrogen) atoms. The van der Waals surface area contributed by atoms with Gasteiger partial charge in [-0.3, -0.25) is 0 Å². The van der Waals surface area contributed by atoms with Gasteiger partial charge >= 0.3 is 0 Å². The zero-order valence-corrected chi connectivity index (χ0v) is 8.92. The first-order valence-corrected chi connectivity index (χ1v) is 5.11. The van der Waals surface area contributed by atoms with Crippen LogP contribution in [0.3, 0.4) is 0 Å². The number of nitrogens with two attached hydrogens (primary N) is 1. The summed E-state index contributed by atoms with van der Waals surface area (Å²) >= 11 is 0. The van der Waals surface area contributed by atoms with Crippen LogP contribution in [0.5, 0.6) is 23.1 Å². The first-order valence-electron chi connectivity index (χ1n) is 5.11. The quantitative estimate of drug-likeness (QED) is 0.856. The maximum Gasteiger partial charge on any atom is 0.231 e. The lowest BCUT2D eigenvalue weighted by Crippen LogP contribution is -1.93. The van der Waals surface area contributed by atoms with Gasteiger partial charge in [0.1, 0.15) is 11.6 Å². The number of nitrogen functional groups attached to an aromatic ring is 1. The van der Waals surface area contributed by atoms with Gasteiger partial charge in [-0.05, 0) is 18.2 Å². The third-order valence-electron chi connectivity index (χ3n) is 2.31. The van der Waals surface area contributed by atoms with Gasteiger partial charge in [0.25, 0.3) is 0 Å². The van der Waals surface area contributed by atoms with E-state index < -0.39 is 0 Å². The zero-order chi connectivity index (χ0) is 11.7. The molecule has 86 valence electrons. The van der Waals surface area contributed by atoms with E-state index in [1.54, 1.807) is 36.4 Å². The lowest BCUT2D eigenvalue weighted by atomic mass is 10.3. The van der Waals surface area contributed by atoms with Crippen molar-refractivity contribution in [2.45, 2.75) is 0 Å². The third kappa shape index (κ3) is 1.94. The molecule has 5 heteroatoms. The third-order valence-corrected chi connectivity index (χ3v) is 2.31. The number of anilines is 1. The number of nitrogens with zero attached hydrogens (tertiary/aromatic N) is 1. The molecule has 1 aromatic carbocycles. The number of aromatic nitrogens is 1. The van der Waals surface area contributed by atoms with Crippen LogP contribution in [0, 0.1) is 0 Å². The number of hydrogen-bond donors (Lipinski definition) is 1. The van der Waals surface area contributed by atoms with Crippen molar-refractivity contribution in [1.29, 1.82) is 0 Å². The van der Waals surface area contributed by atoms with E-state index >= 15 is 0 Å². The molecule has 2 N–H and O–H groups in total. The van der Waals surface area contributed by atoms with Gasteiger partial charge in [0.05, 0.1) is 0 Å². The number of benzene rings is 1. The minimum Gasteiger partial charge on any atom is -0.454 e. The Labute approximate surface area is 97.7 Å². The zero-order valence-electron chi connectivity index (χ0n) is 8.92. The number of rotatable bonds is 2. The van der Waals surface area contributed by atoms with Crippen molar-refractivity contribution in [1.82, 2.24) is 4.98 Å². The molecule has 0 bridgehead atoms. The molecule has 1 aromatic heterocycles. The summed E-state index contributed by atoms with van der Waals surface area (Å²) in [6.45, 7) is 0.245. The summed E-state index contributed by atoms with van der Waals surface area (Å²) in [4.78, 5) is 4.05. The highest BCUT2D eigenvalue weighted by Gasteiger charge is 2.14. The van der Waals surface area contributed by atoms with E-state index in [1.165, 1.54) is 0 Å². The monoisotopic (exact) mass is 230 g/mol. The molecule has 1 aliphatic rings. The molecule has 0 saturated heterocycles. The Morgan fingerprint density at radius 3 is 2.88 bits per heavy atom. The van der Waals surface area contributed by atoms with Crippen LogP contribution < -0.4 is 19.9 Å². The fraction of sp³-hybridized carbons (Fsp3) is 0.0833. The van der Waals surface area contributed by atoms with E-state index in [9.17, 15) is 0 Å². The van der Waals surface area contributed by atoms with Gasteiger partial charge in [0, 0.05) is 12.1 Å². The highest BCUT2D eigenvalue weighted by atomic mass is 16.7. The van der Waals surface area contributed by atoms with E-state index in [0.29, 0.717) is 23.2 Å². The van der Waals surface area contributed by atoms with Crippen LogP contribution >= 0.6 is 0 Å². The van der Waals surface area contributed by atoms with Gasteiger partial charge in [-0.25, -0.2) is 0 Å². The van der Waals surface area contributed by atoms with Crippen molar-refractivity contribution in [3.05, 3.63) is 36.4 Å². The number of fused-ring (bicyclic) bond motifs is 1. The Hall–Kier alpha value is -2.43. The first-order chi connectivity index (χ1) is 8.31. The number of hydrogen-bond acceptors (Lipinski definition) is 5. The van der Waals surface area contributed by atoms with E-state index in [-0.39, 0.29) is 6.79 Å². The van der Waals surface area contributed by atoms with Crippen LogP contribution in [0.2, 0.25) is 0 Å². The molecule has 0 amide bonds. The molecule has 0 spiro atoms. The first kappa shape index (κ1) is 9.77. The molecular formula is C12H10N2O3. The summed E-state index contributed by atoms with van der Waals surface area (Å²) in [5.74, 6) is 2.89. The molecule has 3 rings (SSSR count). The molecule has 2 aromatic rings. The smallest absolute Gasteiger partial charge is 0.231 e. The lowest BCUT2D eigenvalue weighted by molar-refractivity contribution is 0.174. The SMILES string of the molecule is Nc1cccc(Oc2ccc3c(c2)OCO3)n1. The largest absolute Gasteiger partial charge is 0.454 e. The normalized spacial score (nSPS) is 12.5. The predicted octanol–water partition coefficient (Wildman–Crippen LogP) is 2.18. The Morgan fingerprint density at radius 1 is 1.12 bits per heavy atom. The molecule has 0 saturated carbocycles. The van der Waals surface area contributed by atoms with Crippen molar-refractivity contribution in [3.63, 3.8) is 0 Å². The predicted molar refractivity (Wildman–Crippen MR) is 61.3 cm³/mol. The van der Waals surface area contributed by atoms with Gasteiger partial charge in [-0.15, -0.1) is 0 Å². The van der Waals surface area contributed by atoms with Crippen molar-refractivity contribution in [2.75, 3.05) is 12.5 Å². The highest BCUT2D eigenvalue weighted by molar-refractivity contribution is 5.47.